The smallest absolute Gasteiger partial charge is 0.307 e. The first kappa shape index (κ1) is 14.0. The topological polar surface area (TPSA) is 60.8 Å². The Balaban J connectivity index is 1.88. The number of hydrogen-bond donors (Lipinski definition) is 2. The summed E-state index contributed by atoms with van der Waals surface area (Å²) in [6.07, 6.45) is 3.71. The van der Waals surface area contributed by atoms with Crippen molar-refractivity contribution < 1.29 is 15.0 Å². The number of hydrogen-bond acceptors (Lipinski definition) is 4. The van der Waals surface area contributed by atoms with E-state index in [1.54, 1.807) is 11.3 Å². The number of fused-ring (bicyclic) bond motifs is 2. The number of carboxylic acids is 1. The molecule has 4 atom stereocenters. The Morgan fingerprint density at radius 1 is 1.45 bits per heavy atom. The van der Waals surface area contributed by atoms with Gasteiger partial charge in [-0.15, -0.1) is 11.3 Å². The van der Waals surface area contributed by atoms with Gasteiger partial charge in [0.25, 0.3) is 0 Å². The number of carboxylic acid groups (broad SMARTS) is 1. The van der Waals surface area contributed by atoms with Crippen LogP contribution in [0, 0.1) is 5.92 Å². The summed E-state index contributed by atoms with van der Waals surface area (Å²) in [6, 6.07) is 4.82. The van der Waals surface area contributed by atoms with Crippen molar-refractivity contribution in [2.24, 2.45) is 5.92 Å². The Morgan fingerprint density at radius 2 is 2.30 bits per heavy atom. The normalized spacial score (nSPS) is 33.5. The van der Waals surface area contributed by atoms with Crippen LogP contribution < -0.4 is 0 Å². The number of thiophene rings is 1. The molecule has 0 amide bonds. The van der Waals surface area contributed by atoms with Gasteiger partial charge in [0.1, 0.15) is 0 Å². The summed E-state index contributed by atoms with van der Waals surface area (Å²) in [6.45, 7) is 1.10. The summed E-state index contributed by atoms with van der Waals surface area (Å²) in [5.74, 6) is -0.788. The quantitative estimate of drug-likeness (QED) is 0.874. The van der Waals surface area contributed by atoms with Crippen LogP contribution in [-0.4, -0.2) is 46.3 Å². The maximum absolute atomic E-state index is 11.6. The first-order valence-electron chi connectivity index (χ1n) is 7.35. The first-order chi connectivity index (χ1) is 9.72. The van der Waals surface area contributed by atoms with E-state index >= 15 is 0 Å². The Kier molecular flexibility index (Phi) is 4.10. The summed E-state index contributed by atoms with van der Waals surface area (Å²) in [7, 11) is 0. The van der Waals surface area contributed by atoms with E-state index in [9.17, 15) is 9.90 Å². The van der Waals surface area contributed by atoms with Crippen molar-refractivity contribution in [3.63, 3.8) is 0 Å². The third-order valence-electron chi connectivity index (χ3n) is 4.83. The highest BCUT2D eigenvalue weighted by Gasteiger charge is 2.50. The lowest BCUT2D eigenvalue weighted by molar-refractivity contribution is -0.145. The van der Waals surface area contributed by atoms with Crippen molar-refractivity contribution in [1.82, 2.24) is 4.90 Å². The molecule has 0 spiro atoms. The number of rotatable bonds is 5. The summed E-state index contributed by atoms with van der Waals surface area (Å²) >= 11 is 1.67. The lowest BCUT2D eigenvalue weighted by atomic mass is 9.79. The van der Waals surface area contributed by atoms with Crippen molar-refractivity contribution in [1.29, 1.82) is 0 Å². The molecule has 3 rings (SSSR count). The van der Waals surface area contributed by atoms with E-state index in [-0.39, 0.29) is 18.4 Å². The van der Waals surface area contributed by atoms with Crippen LogP contribution in [0.4, 0.5) is 0 Å². The first-order valence-corrected chi connectivity index (χ1v) is 8.23. The molecule has 1 aromatic heterocycles. The van der Waals surface area contributed by atoms with Crippen LogP contribution in [0.2, 0.25) is 0 Å². The highest BCUT2D eigenvalue weighted by Crippen LogP contribution is 2.48. The molecule has 2 bridgehead atoms. The molecule has 5 heteroatoms. The molecule has 110 valence electrons. The third-order valence-corrected chi connectivity index (χ3v) is 5.80. The number of aliphatic hydroxyl groups is 1. The van der Waals surface area contributed by atoms with Gasteiger partial charge in [-0.05, 0) is 37.1 Å². The van der Waals surface area contributed by atoms with Gasteiger partial charge in [-0.1, -0.05) is 6.07 Å². The van der Waals surface area contributed by atoms with E-state index in [2.05, 4.69) is 11.0 Å². The zero-order valence-electron chi connectivity index (χ0n) is 11.4. The van der Waals surface area contributed by atoms with E-state index in [0.29, 0.717) is 12.1 Å². The van der Waals surface area contributed by atoms with E-state index in [0.717, 1.165) is 32.2 Å². The van der Waals surface area contributed by atoms with Gasteiger partial charge in [0, 0.05) is 36.0 Å². The predicted octanol–water partition coefficient (Wildman–Crippen LogP) is 2.15. The van der Waals surface area contributed by atoms with Crippen LogP contribution in [0.1, 0.15) is 36.5 Å². The van der Waals surface area contributed by atoms with Crippen molar-refractivity contribution in [2.75, 3.05) is 13.2 Å². The van der Waals surface area contributed by atoms with E-state index in [1.807, 2.05) is 11.4 Å². The fourth-order valence-corrected chi connectivity index (χ4v) is 4.99. The predicted molar refractivity (Wildman–Crippen MR) is 78.0 cm³/mol. The molecule has 4 unspecified atom stereocenters. The van der Waals surface area contributed by atoms with Gasteiger partial charge in [-0.3, -0.25) is 9.69 Å². The molecular weight excluding hydrogens is 274 g/mol. The average molecular weight is 295 g/mol. The van der Waals surface area contributed by atoms with Crippen LogP contribution in [0.25, 0.3) is 0 Å². The van der Waals surface area contributed by atoms with Gasteiger partial charge in [0.05, 0.1) is 5.92 Å². The van der Waals surface area contributed by atoms with Gasteiger partial charge < -0.3 is 10.2 Å². The molecule has 0 radical (unpaired) electrons. The maximum atomic E-state index is 11.6. The lowest BCUT2D eigenvalue weighted by Crippen LogP contribution is -2.49. The maximum Gasteiger partial charge on any atom is 0.307 e. The van der Waals surface area contributed by atoms with Crippen molar-refractivity contribution >= 4 is 17.3 Å². The summed E-state index contributed by atoms with van der Waals surface area (Å²) in [4.78, 5) is 15.3. The minimum Gasteiger partial charge on any atom is -0.481 e. The number of aliphatic hydroxyl groups excluding tert-OH is 1. The molecular formula is C15H21NO3S. The molecule has 2 aliphatic heterocycles. The third kappa shape index (κ3) is 2.38. The van der Waals surface area contributed by atoms with Gasteiger partial charge in [0.2, 0.25) is 0 Å². The Bertz CT molecular complexity index is 462. The molecule has 4 nitrogen and oxygen atoms in total. The highest BCUT2D eigenvalue weighted by atomic mass is 32.1. The van der Waals surface area contributed by atoms with Crippen LogP contribution in [0.15, 0.2) is 17.5 Å². The van der Waals surface area contributed by atoms with Crippen molar-refractivity contribution in [3.05, 3.63) is 22.4 Å². The molecule has 2 N–H and O–H groups in total. The van der Waals surface area contributed by atoms with Crippen LogP contribution >= 0.6 is 11.3 Å². The number of aliphatic carboxylic acids is 1. The standard InChI is InChI=1S/C15H21NO3S/c17-7-2-6-16-10-4-5-12(16)14(11(9-10)15(18)19)13-3-1-8-20-13/h1,3,8,10-12,14,17H,2,4-7,9H2,(H,18,19). The number of piperidine rings is 1. The SMILES string of the molecule is O=C(O)C1CC2CCC(C1c1cccs1)N2CCCO. The van der Waals surface area contributed by atoms with Crippen molar-refractivity contribution in [2.45, 2.75) is 43.7 Å². The molecule has 2 saturated heterocycles. The van der Waals surface area contributed by atoms with E-state index in [1.165, 1.54) is 4.88 Å². The summed E-state index contributed by atoms with van der Waals surface area (Å²) in [5.41, 5.74) is 0. The molecule has 2 aliphatic rings. The lowest BCUT2D eigenvalue weighted by Gasteiger charge is -2.43. The van der Waals surface area contributed by atoms with Crippen LogP contribution in [0.3, 0.4) is 0 Å². The summed E-state index contributed by atoms with van der Waals surface area (Å²) in [5, 5.41) is 20.7. The molecule has 3 heterocycles. The second-order valence-corrected chi connectivity index (χ2v) is 6.81. The fourth-order valence-electron chi connectivity index (χ4n) is 4.04. The molecule has 0 saturated carbocycles. The number of carbonyl (C=O) groups is 1. The monoisotopic (exact) mass is 295 g/mol. The second kappa shape index (κ2) is 5.84. The zero-order valence-corrected chi connectivity index (χ0v) is 12.3. The molecule has 0 aromatic carbocycles. The van der Waals surface area contributed by atoms with Gasteiger partial charge >= 0.3 is 5.97 Å². The molecule has 2 fully saturated rings. The largest absolute Gasteiger partial charge is 0.481 e. The van der Waals surface area contributed by atoms with Gasteiger partial charge in [0.15, 0.2) is 0 Å². The van der Waals surface area contributed by atoms with Crippen LogP contribution in [-0.2, 0) is 4.79 Å². The summed E-state index contributed by atoms with van der Waals surface area (Å²) < 4.78 is 0. The van der Waals surface area contributed by atoms with Crippen molar-refractivity contribution in [3.8, 4) is 0 Å². The average Bonchev–Trinajstić information content (AvgIpc) is 3.04. The number of nitrogens with zero attached hydrogens (tertiary/aromatic N) is 1. The van der Waals surface area contributed by atoms with Crippen LogP contribution in [0.5, 0.6) is 0 Å². The fraction of sp³-hybridized carbons (Fsp3) is 0.667. The Labute approximate surface area is 123 Å². The zero-order chi connectivity index (χ0) is 14.1. The molecule has 20 heavy (non-hydrogen) atoms. The Hall–Kier alpha value is -0.910. The minimum absolute atomic E-state index is 0.116. The Morgan fingerprint density at radius 3 is 2.95 bits per heavy atom. The van der Waals surface area contributed by atoms with E-state index < -0.39 is 5.97 Å². The van der Waals surface area contributed by atoms with Gasteiger partial charge in [-0.25, -0.2) is 0 Å². The molecule has 0 aliphatic carbocycles. The molecule has 1 aromatic rings. The highest BCUT2D eigenvalue weighted by molar-refractivity contribution is 7.10. The second-order valence-electron chi connectivity index (χ2n) is 5.84. The minimum atomic E-state index is -0.651. The van der Waals surface area contributed by atoms with Gasteiger partial charge in [-0.2, -0.15) is 0 Å². The van der Waals surface area contributed by atoms with E-state index in [4.69, 9.17) is 5.11 Å².